The van der Waals surface area contributed by atoms with Crippen LogP contribution < -0.4 is 4.90 Å². The lowest BCUT2D eigenvalue weighted by Gasteiger charge is -2.35. The van der Waals surface area contributed by atoms with Crippen LogP contribution in [-0.2, 0) is 16.2 Å². The van der Waals surface area contributed by atoms with Crippen molar-refractivity contribution >= 4 is 27.8 Å². The summed E-state index contributed by atoms with van der Waals surface area (Å²) in [6.45, 7) is 11.9. The van der Waals surface area contributed by atoms with Gasteiger partial charge in [-0.3, -0.25) is 0 Å². The molecule has 11 aromatic carbocycles. The van der Waals surface area contributed by atoms with Gasteiger partial charge in [-0.1, -0.05) is 245 Å². The second-order valence-corrected chi connectivity index (χ2v) is 21.9. The summed E-state index contributed by atoms with van der Waals surface area (Å²) in [5.41, 5.74) is 27.3. The first-order valence-corrected chi connectivity index (χ1v) is 27.1. The third-order valence-electron chi connectivity index (χ3n) is 17.8. The Labute approximate surface area is 452 Å². The van der Waals surface area contributed by atoms with Gasteiger partial charge in [-0.25, -0.2) is 0 Å². The molecular weight excluding hydrogens is 927 g/mol. The van der Waals surface area contributed by atoms with Crippen LogP contribution in [0.4, 0.5) is 17.1 Å². The lowest BCUT2D eigenvalue weighted by Crippen LogP contribution is -2.29. The van der Waals surface area contributed by atoms with Gasteiger partial charge in [0.2, 0.25) is 0 Å². The van der Waals surface area contributed by atoms with Crippen molar-refractivity contribution in [2.75, 3.05) is 4.90 Å². The normalized spacial score (nSPS) is 16.2. The molecule has 4 aliphatic rings. The van der Waals surface area contributed by atoms with E-state index < -0.39 is 10.8 Å². The maximum absolute atomic E-state index is 4.96. The molecule has 0 fully saturated rings. The molecule has 0 aliphatic heterocycles. The first-order valence-electron chi connectivity index (χ1n) is 27.1. The Morgan fingerprint density at radius 3 is 1.44 bits per heavy atom. The van der Waals surface area contributed by atoms with Crippen molar-refractivity contribution in [3.8, 4) is 55.6 Å². The van der Waals surface area contributed by atoms with Gasteiger partial charge in [-0.2, -0.15) is 0 Å². The molecule has 0 amide bonds. The van der Waals surface area contributed by atoms with E-state index in [1.807, 2.05) is 0 Å². The van der Waals surface area contributed by atoms with Gasteiger partial charge in [0, 0.05) is 22.5 Å². The highest BCUT2D eigenvalue weighted by molar-refractivity contribution is 6.00. The molecule has 0 bridgehead atoms. The molecule has 0 radical (unpaired) electrons. The van der Waals surface area contributed by atoms with Crippen molar-refractivity contribution in [3.63, 3.8) is 0 Å². The number of fused-ring (bicyclic) bond motifs is 17. The largest absolute Gasteiger partial charge is 0.310 e. The first kappa shape index (κ1) is 45.1. The summed E-state index contributed by atoms with van der Waals surface area (Å²) in [4.78, 5) is 2.54. The zero-order valence-corrected chi connectivity index (χ0v) is 43.6. The zero-order chi connectivity index (χ0) is 51.6. The van der Waals surface area contributed by atoms with Gasteiger partial charge < -0.3 is 4.90 Å². The second kappa shape index (κ2) is 16.9. The van der Waals surface area contributed by atoms with Crippen molar-refractivity contribution in [1.82, 2.24) is 0 Å². The topological polar surface area (TPSA) is 3.24 Å². The quantitative estimate of drug-likeness (QED) is 0.137. The number of rotatable bonds is 8. The molecule has 1 nitrogen and oxygen atoms in total. The number of allylic oxidation sites excluding steroid dienone is 5. The smallest absolute Gasteiger partial charge is 0.0726 e. The minimum absolute atomic E-state index is 0.285. The zero-order valence-electron chi connectivity index (χ0n) is 43.6. The fourth-order valence-electron chi connectivity index (χ4n) is 14.5. The Morgan fingerprint density at radius 2 is 0.818 bits per heavy atom. The van der Waals surface area contributed by atoms with Gasteiger partial charge >= 0.3 is 0 Å². The molecule has 1 unspecified atom stereocenters. The highest BCUT2D eigenvalue weighted by Crippen LogP contribution is 2.64. The van der Waals surface area contributed by atoms with Crippen LogP contribution in [0.15, 0.2) is 279 Å². The Kier molecular flexibility index (Phi) is 9.88. The van der Waals surface area contributed by atoms with E-state index in [0.717, 1.165) is 22.6 Å². The van der Waals surface area contributed by atoms with E-state index in [4.69, 9.17) is 6.58 Å². The summed E-state index contributed by atoms with van der Waals surface area (Å²) in [6, 6.07) is 91.7. The molecule has 0 heterocycles. The number of hydrogen-bond acceptors (Lipinski definition) is 1. The van der Waals surface area contributed by atoms with Crippen LogP contribution >= 0.6 is 0 Å². The first-order chi connectivity index (χ1) is 37.8. The number of anilines is 3. The van der Waals surface area contributed by atoms with Crippen LogP contribution in [0.2, 0.25) is 0 Å². The minimum Gasteiger partial charge on any atom is -0.310 e. The van der Waals surface area contributed by atoms with E-state index in [2.05, 4.69) is 293 Å². The van der Waals surface area contributed by atoms with Crippen LogP contribution in [0.25, 0.3) is 66.4 Å². The average molecular weight is 982 g/mol. The van der Waals surface area contributed by atoms with E-state index in [1.165, 1.54) is 116 Å². The second-order valence-electron chi connectivity index (χ2n) is 21.9. The summed E-state index contributed by atoms with van der Waals surface area (Å²) >= 11 is 0. The number of nitrogens with zero attached hydrogens (tertiary/aromatic N) is 1. The lowest BCUT2D eigenvalue weighted by molar-refractivity contribution is 0.660. The van der Waals surface area contributed by atoms with Gasteiger partial charge in [0.15, 0.2) is 0 Å². The van der Waals surface area contributed by atoms with Crippen molar-refractivity contribution in [1.29, 1.82) is 0 Å². The van der Waals surface area contributed by atoms with E-state index in [-0.39, 0.29) is 5.41 Å². The van der Waals surface area contributed by atoms with E-state index in [1.54, 1.807) is 0 Å². The van der Waals surface area contributed by atoms with Gasteiger partial charge in [0.25, 0.3) is 0 Å². The summed E-state index contributed by atoms with van der Waals surface area (Å²) in [6.07, 6.45) is 8.52. The molecule has 77 heavy (non-hydrogen) atoms. The van der Waals surface area contributed by atoms with Crippen LogP contribution in [0.5, 0.6) is 0 Å². The standard InChI is InChI=1S/C76H55N/c1-5-6-8-22-49(2)75(52-25-9-7-10-26-52)66-33-17-13-30-60(66)64-43-39-54(47-72(64)75)77(53-38-42-63-62-41-37-51(45-70(62)74(3,4)71(63)46-53)57-32-21-24-50-23-11-12-27-56(50)57)55-40-44-65-61-31-16-20-36-69(61)76(73(65)48-55)67-34-18-14-28-58(67)59-29-15-19-35-68(59)76/h5-48H,2H2,1,3-4H3/b6-5-,22-8-. The summed E-state index contributed by atoms with van der Waals surface area (Å²) in [7, 11) is 0. The molecule has 15 rings (SSSR count). The molecule has 1 spiro atoms. The van der Waals surface area contributed by atoms with Gasteiger partial charge in [0.1, 0.15) is 0 Å². The molecule has 11 aromatic rings. The fourth-order valence-corrected chi connectivity index (χ4v) is 14.5. The minimum atomic E-state index is -0.656. The SMILES string of the molecule is C=C(/C=C\C=C/C)C1(c2ccccc2)c2ccccc2-c2ccc(N(c3ccc4c(c3)C(C)(C)c3cc(-c5cccc6ccccc56)ccc3-4)c3ccc4c(c3)C3(c5ccccc5-c5ccccc53)c3ccccc3-4)cc21. The monoisotopic (exact) mass is 981 g/mol. The average Bonchev–Trinajstić information content (AvgIpc) is 4.26. The lowest BCUT2D eigenvalue weighted by atomic mass is 9.67. The van der Waals surface area contributed by atoms with E-state index >= 15 is 0 Å². The summed E-state index contributed by atoms with van der Waals surface area (Å²) in [5.74, 6) is 0. The summed E-state index contributed by atoms with van der Waals surface area (Å²) in [5, 5.41) is 2.53. The fraction of sp³-hybridized carbons (Fsp3) is 0.0789. The Morgan fingerprint density at radius 1 is 0.377 bits per heavy atom. The third-order valence-corrected chi connectivity index (χ3v) is 17.8. The van der Waals surface area contributed by atoms with Gasteiger partial charge in [0.05, 0.1) is 10.8 Å². The van der Waals surface area contributed by atoms with E-state index in [0.29, 0.717) is 0 Å². The number of hydrogen-bond donors (Lipinski definition) is 0. The Bertz CT molecular complexity index is 4280. The Hall–Kier alpha value is -9.30. The molecule has 0 N–H and O–H groups in total. The molecule has 1 heteroatoms. The number of benzene rings is 11. The Balaban J connectivity index is 0.971. The van der Waals surface area contributed by atoms with Gasteiger partial charge in [-0.15, -0.1) is 0 Å². The molecule has 364 valence electrons. The van der Waals surface area contributed by atoms with E-state index in [9.17, 15) is 0 Å². The highest BCUT2D eigenvalue weighted by atomic mass is 15.1. The predicted octanol–water partition coefficient (Wildman–Crippen LogP) is 19.6. The maximum Gasteiger partial charge on any atom is 0.0726 e. The van der Waals surface area contributed by atoms with Crippen molar-refractivity contribution < 1.29 is 0 Å². The van der Waals surface area contributed by atoms with Crippen LogP contribution in [0, 0.1) is 0 Å². The molecule has 0 saturated heterocycles. The molecule has 0 saturated carbocycles. The molecule has 0 aromatic heterocycles. The predicted molar refractivity (Wildman–Crippen MR) is 323 cm³/mol. The van der Waals surface area contributed by atoms with Crippen molar-refractivity contribution in [3.05, 3.63) is 329 Å². The molecule has 1 atom stereocenters. The van der Waals surface area contributed by atoms with Crippen molar-refractivity contribution in [2.24, 2.45) is 0 Å². The van der Waals surface area contributed by atoms with Crippen LogP contribution in [0.1, 0.15) is 70.8 Å². The van der Waals surface area contributed by atoms with Crippen molar-refractivity contribution in [2.45, 2.75) is 37.0 Å². The van der Waals surface area contributed by atoms with Gasteiger partial charge in [-0.05, 0) is 171 Å². The molecular formula is C76H55N. The van der Waals surface area contributed by atoms with Crippen LogP contribution in [0.3, 0.4) is 0 Å². The maximum atomic E-state index is 4.96. The highest BCUT2D eigenvalue weighted by Gasteiger charge is 2.52. The van der Waals surface area contributed by atoms with Crippen LogP contribution in [-0.4, -0.2) is 0 Å². The summed E-state index contributed by atoms with van der Waals surface area (Å²) < 4.78 is 0. The third kappa shape index (κ3) is 6.17. The molecule has 4 aliphatic carbocycles.